The smallest absolute Gasteiger partial charge is 0.335 e. The highest BCUT2D eigenvalue weighted by molar-refractivity contribution is 5.74. The van der Waals surface area contributed by atoms with Crippen LogP contribution in [-0.4, -0.2) is 43.8 Å². The van der Waals surface area contributed by atoms with Crippen LogP contribution >= 0.6 is 0 Å². The van der Waals surface area contributed by atoms with E-state index in [0.29, 0.717) is 6.42 Å². The number of aliphatic hydroxyl groups excluding tert-OH is 1. The number of rotatable bonds is 11. The molecule has 1 aromatic rings. The molecule has 0 aliphatic carbocycles. The normalized spacial score (nSPS) is 18.5. The molecule has 2 rings (SSSR count). The molecule has 1 aromatic carbocycles. The van der Waals surface area contributed by atoms with Crippen LogP contribution in [0.1, 0.15) is 56.1 Å². The van der Waals surface area contributed by atoms with Gasteiger partial charge in [-0.05, 0) is 49.7 Å². The van der Waals surface area contributed by atoms with Crippen LogP contribution in [-0.2, 0) is 31.8 Å². The maximum absolute atomic E-state index is 11.4. The molecule has 5 nitrogen and oxygen atoms in total. The maximum Gasteiger partial charge on any atom is 0.335 e. The average molecular weight is 364 g/mol. The van der Waals surface area contributed by atoms with Gasteiger partial charge in [0, 0.05) is 19.6 Å². The first-order valence-corrected chi connectivity index (χ1v) is 9.76. The van der Waals surface area contributed by atoms with Gasteiger partial charge in [-0.25, -0.2) is 4.79 Å². The van der Waals surface area contributed by atoms with Gasteiger partial charge in [0.15, 0.2) is 12.4 Å². The summed E-state index contributed by atoms with van der Waals surface area (Å²) in [7, 11) is 1.29. The van der Waals surface area contributed by atoms with Gasteiger partial charge in [0.1, 0.15) is 0 Å². The zero-order chi connectivity index (χ0) is 18.6. The van der Waals surface area contributed by atoms with E-state index in [1.807, 2.05) is 18.2 Å². The summed E-state index contributed by atoms with van der Waals surface area (Å²) in [6.45, 7) is 1.60. The molecule has 0 amide bonds. The number of aryl methyl sites for hydroxylation is 1. The van der Waals surface area contributed by atoms with E-state index in [1.54, 1.807) is 0 Å². The lowest BCUT2D eigenvalue weighted by atomic mass is 9.97. The molecule has 0 radical (unpaired) electrons. The second kappa shape index (κ2) is 12.0. The Morgan fingerprint density at radius 2 is 1.96 bits per heavy atom. The van der Waals surface area contributed by atoms with Gasteiger partial charge in [0.25, 0.3) is 0 Å². The summed E-state index contributed by atoms with van der Waals surface area (Å²) < 4.78 is 15.9. The number of ether oxygens (including phenoxy) is 3. The molecular weight excluding hydrogens is 332 g/mol. The molecule has 0 spiro atoms. The molecule has 146 valence electrons. The molecule has 2 atom stereocenters. The molecule has 1 aliphatic heterocycles. The Hall–Kier alpha value is -1.43. The van der Waals surface area contributed by atoms with Gasteiger partial charge in [-0.1, -0.05) is 37.1 Å². The van der Waals surface area contributed by atoms with Crippen LogP contribution in [0.5, 0.6) is 0 Å². The number of aliphatic hydroxyl groups is 1. The topological polar surface area (TPSA) is 65.0 Å². The summed E-state index contributed by atoms with van der Waals surface area (Å²) in [4.78, 5) is 11.4. The number of carbonyl (C=O) groups excluding carboxylic acids is 1. The summed E-state index contributed by atoms with van der Waals surface area (Å²) in [5, 5.41) is 9.87. The molecule has 1 fully saturated rings. The Labute approximate surface area is 156 Å². The largest absolute Gasteiger partial charge is 0.467 e. The second-order valence-corrected chi connectivity index (χ2v) is 6.84. The van der Waals surface area contributed by atoms with Gasteiger partial charge < -0.3 is 19.3 Å². The van der Waals surface area contributed by atoms with E-state index in [1.165, 1.54) is 19.1 Å². The van der Waals surface area contributed by atoms with Crippen LogP contribution in [0.3, 0.4) is 0 Å². The fourth-order valence-electron chi connectivity index (χ4n) is 3.26. The minimum Gasteiger partial charge on any atom is -0.467 e. The molecular formula is C21H32O5. The minimum absolute atomic E-state index is 0.0110. The molecule has 0 aromatic heterocycles. The van der Waals surface area contributed by atoms with Crippen LogP contribution in [0, 0.1) is 0 Å². The Morgan fingerprint density at radius 3 is 2.69 bits per heavy atom. The standard InChI is InChI=1S/C21H32O5/c1-24-21(23)19(22)16-18-12-6-5-11-17(18)10-4-2-3-8-14-25-20-13-7-9-15-26-20/h5-6,11-12,19-20,22H,2-4,7-10,13-16H2,1H3. The number of esters is 1. The third-order valence-electron chi connectivity index (χ3n) is 4.79. The summed E-state index contributed by atoms with van der Waals surface area (Å²) in [6, 6.07) is 7.98. The second-order valence-electron chi connectivity index (χ2n) is 6.84. The number of hydrogen-bond donors (Lipinski definition) is 1. The van der Waals surface area contributed by atoms with Crippen molar-refractivity contribution in [2.24, 2.45) is 0 Å². The number of benzene rings is 1. The van der Waals surface area contributed by atoms with Gasteiger partial charge in [-0.3, -0.25) is 0 Å². The van der Waals surface area contributed by atoms with E-state index < -0.39 is 12.1 Å². The minimum atomic E-state index is -1.10. The molecule has 0 bridgehead atoms. The summed E-state index contributed by atoms with van der Waals surface area (Å²) in [5.41, 5.74) is 2.21. The van der Waals surface area contributed by atoms with Crippen molar-refractivity contribution in [3.05, 3.63) is 35.4 Å². The number of hydrogen-bond acceptors (Lipinski definition) is 5. The number of methoxy groups -OCH3 is 1. The Morgan fingerprint density at radius 1 is 1.19 bits per heavy atom. The molecule has 0 saturated carbocycles. The first-order chi connectivity index (χ1) is 12.7. The fourth-order valence-corrected chi connectivity index (χ4v) is 3.26. The molecule has 1 aliphatic rings. The van der Waals surface area contributed by atoms with Crippen LogP contribution in [0.2, 0.25) is 0 Å². The number of unbranched alkanes of at least 4 members (excludes halogenated alkanes) is 3. The quantitative estimate of drug-likeness (QED) is 0.481. The lowest BCUT2D eigenvalue weighted by Crippen LogP contribution is -2.24. The maximum atomic E-state index is 11.4. The SMILES string of the molecule is COC(=O)C(O)Cc1ccccc1CCCCCCOC1CCCCO1. The highest BCUT2D eigenvalue weighted by Gasteiger charge is 2.17. The summed E-state index contributed by atoms with van der Waals surface area (Å²) >= 11 is 0. The lowest BCUT2D eigenvalue weighted by molar-refractivity contribution is -0.162. The zero-order valence-electron chi connectivity index (χ0n) is 15.8. The monoisotopic (exact) mass is 364 g/mol. The molecule has 2 unspecified atom stereocenters. The molecule has 1 heterocycles. The van der Waals surface area contributed by atoms with Crippen molar-refractivity contribution in [3.8, 4) is 0 Å². The Balaban J connectivity index is 1.62. The fraction of sp³-hybridized carbons (Fsp3) is 0.667. The van der Waals surface area contributed by atoms with Gasteiger partial charge in [0.05, 0.1) is 7.11 Å². The summed E-state index contributed by atoms with van der Waals surface area (Å²) in [6.07, 6.45) is 7.98. The van der Waals surface area contributed by atoms with Gasteiger partial charge in [0.2, 0.25) is 0 Å². The van der Waals surface area contributed by atoms with Crippen LogP contribution in [0.25, 0.3) is 0 Å². The van der Waals surface area contributed by atoms with Crippen molar-refractivity contribution >= 4 is 5.97 Å². The van der Waals surface area contributed by atoms with Crippen molar-refractivity contribution in [2.45, 2.75) is 70.2 Å². The zero-order valence-corrected chi connectivity index (χ0v) is 15.8. The van der Waals surface area contributed by atoms with Gasteiger partial charge >= 0.3 is 5.97 Å². The van der Waals surface area contributed by atoms with Crippen molar-refractivity contribution in [2.75, 3.05) is 20.3 Å². The van der Waals surface area contributed by atoms with Crippen molar-refractivity contribution in [1.82, 2.24) is 0 Å². The van der Waals surface area contributed by atoms with Crippen LogP contribution in [0.4, 0.5) is 0 Å². The van der Waals surface area contributed by atoms with E-state index in [-0.39, 0.29) is 6.29 Å². The van der Waals surface area contributed by atoms with E-state index in [2.05, 4.69) is 10.8 Å². The highest BCUT2D eigenvalue weighted by Crippen LogP contribution is 2.17. The summed E-state index contributed by atoms with van der Waals surface area (Å²) in [5.74, 6) is -0.582. The van der Waals surface area contributed by atoms with Gasteiger partial charge in [-0.2, -0.15) is 0 Å². The van der Waals surface area contributed by atoms with Crippen molar-refractivity contribution in [3.63, 3.8) is 0 Å². The first kappa shape index (κ1) is 20.9. The predicted octanol–water partition coefficient (Wildman–Crippen LogP) is 3.41. The number of carbonyl (C=O) groups is 1. The van der Waals surface area contributed by atoms with Gasteiger partial charge in [-0.15, -0.1) is 0 Å². The highest BCUT2D eigenvalue weighted by atomic mass is 16.7. The lowest BCUT2D eigenvalue weighted by Gasteiger charge is -2.22. The van der Waals surface area contributed by atoms with E-state index in [9.17, 15) is 9.90 Å². The molecule has 1 saturated heterocycles. The van der Waals surface area contributed by atoms with Crippen LogP contribution in [0.15, 0.2) is 24.3 Å². The van der Waals surface area contributed by atoms with E-state index >= 15 is 0 Å². The van der Waals surface area contributed by atoms with E-state index in [4.69, 9.17) is 9.47 Å². The molecule has 5 heteroatoms. The van der Waals surface area contributed by atoms with Crippen LogP contribution < -0.4 is 0 Å². The first-order valence-electron chi connectivity index (χ1n) is 9.76. The molecule has 1 N–H and O–H groups in total. The predicted molar refractivity (Wildman–Crippen MR) is 99.9 cm³/mol. The third kappa shape index (κ3) is 7.44. The Kier molecular flexibility index (Phi) is 9.67. The average Bonchev–Trinajstić information content (AvgIpc) is 2.68. The third-order valence-corrected chi connectivity index (χ3v) is 4.79. The van der Waals surface area contributed by atoms with Crippen molar-refractivity contribution < 1.29 is 24.1 Å². The van der Waals surface area contributed by atoms with E-state index in [0.717, 1.165) is 63.7 Å². The molecule has 26 heavy (non-hydrogen) atoms. The Bertz CT molecular complexity index is 525. The van der Waals surface area contributed by atoms with Crippen molar-refractivity contribution in [1.29, 1.82) is 0 Å².